The van der Waals surface area contributed by atoms with E-state index in [-0.39, 0.29) is 23.2 Å². The van der Waals surface area contributed by atoms with Crippen LogP contribution in [0.5, 0.6) is 5.75 Å². The Balaban J connectivity index is 1.74. The Bertz CT molecular complexity index is 1170. The third-order valence-corrected chi connectivity index (χ3v) is 7.25. The van der Waals surface area contributed by atoms with E-state index in [4.69, 9.17) is 4.74 Å². The van der Waals surface area contributed by atoms with Crippen LogP contribution in [0.3, 0.4) is 0 Å². The van der Waals surface area contributed by atoms with Gasteiger partial charge in [0.05, 0.1) is 24.3 Å². The summed E-state index contributed by atoms with van der Waals surface area (Å²) in [7, 11) is -2.63. The second-order valence-electron chi connectivity index (χ2n) is 8.96. The minimum absolute atomic E-state index is 0.0767. The van der Waals surface area contributed by atoms with Gasteiger partial charge in [-0.3, -0.25) is 19.2 Å². The number of hydrogen-bond donors (Lipinski definition) is 1. The number of amides is 1. The second kappa shape index (κ2) is 10.9. The quantitative estimate of drug-likeness (QED) is 0.410. The normalized spacial score (nSPS) is 16.9. The number of carbonyl (C=O) groups excluding carboxylic acids is 1. The molecule has 0 aromatic heterocycles. The van der Waals surface area contributed by atoms with E-state index in [1.54, 1.807) is 0 Å². The SMILES string of the molecule is COc1ccc([N+](=O)[O-])cc1N(CC(=O)NC(C)c1ccc(N2CCCC(C)C2)cc1)S(C)(=O)=O. The van der Waals surface area contributed by atoms with Crippen LogP contribution in [0.2, 0.25) is 0 Å². The highest BCUT2D eigenvalue weighted by Gasteiger charge is 2.27. The van der Waals surface area contributed by atoms with Crippen molar-refractivity contribution in [3.8, 4) is 5.75 Å². The number of piperidine rings is 1. The highest BCUT2D eigenvalue weighted by Crippen LogP contribution is 2.33. The van der Waals surface area contributed by atoms with Gasteiger partial charge in [0, 0.05) is 30.9 Å². The van der Waals surface area contributed by atoms with E-state index in [0.29, 0.717) is 5.92 Å². The molecule has 1 fully saturated rings. The van der Waals surface area contributed by atoms with Crippen molar-refractivity contribution in [2.75, 3.05) is 42.2 Å². The zero-order valence-corrected chi connectivity index (χ0v) is 21.2. The maximum Gasteiger partial charge on any atom is 0.271 e. The summed E-state index contributed by atoms with van der Waals surface area (Å²) in [6.45, 7) is 5.56. The molecule has 190 valence electrons. The van der Waals surface area contributed by atoms with Crippen LogP contribution in [0.25, 0.3) is 0 Å². The van der Waals surface area contributed by atoms with Crippen molar-refractivity contribution in [3.05, 3.63) is 58.1 Å². The fraction of sp³-hybridized carbons (Fsp3) is 0.458. The molecular formula is C24H32N4O6S. The minimum Gasteiger partial charge on any atom is -0.495 e. The van der Waals surface area contributed by atoms with Crippen molar-refractivity contribution in [2.24, 2.45) is 5.92 Å². The third kappa shape index (κ3) is 6.62. The Morgan fingerprint density at radius 1 is 1.29 bits per heavy atom. The van der Waals surface area contributed by atoms with Gasteiger partial charge in [0.2, 0.25) is 15.9 Å². The molecule has 1 heterocycles. The number of nitro groups is 1. The topological polar surface area (TPSA) is 122 Å². The fourth-order valence-corrected chi connectivity index (χ4v) is 5.12. The number of hydrogen-bond acceptors (Lipinski definition) is 7. The minimum atomic E-state index is -3.95. The van der Waals surface area contributed by atoms with E-state index in [9.17, 15) is 23.3 Å². The first-order valence-corrected chi connectivity index (χ1v) is 13.3. The maximum atomic E-state index is 12.8. The van der Waals surface area contributed by atoms with Gasteiger partial charge in [-0.1, -0.05) is 19.1 Å². The summed E-state index contributed by atoms with van der Waals surface area (Å²) in [4.78, 5) is 25.8. The van der Waals surface area contributed by atoms with E-state index >= 15 is 0 Å². The van der Waals surface area contributed by atoms with E-state index in [1.807, 2.05) is 31.2 Å². The number of non-ortho nitro benzene ring substituents is 1. The predicted molar refractivity (Wildman–Crippen MR) is 135 cm³/mol. The van der Waals surface area contributed by atoms with E-state index in [0.717, 1.165) is 41.0 Å². The number of methoxy groups -OCH3 is 1. The van der Waals surface area contributed by atoms with Crippen LogP contribution in [-0.2, 0) is 14.8 Å². The van der Waals surface area contributed by atoms with E-state index < -0.39 is 27.4 Å². The number of carbonyl (C=O) groups is 1. The number of sulfonamides is 1. The second-order valence-corrected chi connectivity index (χ2v) is 10.9. The van der Waals surface area contributed by atoms with Gasteiger partial charge in [-0.2, -0.15) is 0 Å². The Morgan fingerprint density at radius 3 is 2.54 bits per heavy atom. The Morgan fingerprint density at radius 2 is 1.97 bits per heavy atom. The lowest BCUT2D eigenvalue weighted by Gasteiger charge is -2.33. The molecule has 1 aliphatic rings. The zero-order chi connectivity index (χ0) is 25.8. The average Bonchev–Trinajstić information content (AvgIpc) is 2.81. The lowest BCUT2D eigenvalue weighted by atomic mass is 9.99. The van der Waals surface area contributed by atoms with Gasteiger partial charge in [0.15, 0.2) is 0 Å². The van der Waals surface area contributed by atoms with Crippen molar-refractivity contribution in [3.63, 3.8) is 0 Å². The Kier molecular flexibility index (Phi) is 8.21. The molecule has 10 nitrogen and oxygen atoms in total. The molecule has 0 saturated carbocycles. The van der Waals surface area contributed by atoms with Crippen LogP contribution in [0, 0.1) is 16.0 Å². The van der Waals surface area contributed by atoms with Gasteiger partial charge in [-0.25, -0.2) is 8.42 Å². The molecule has 1 aliphatic heterocycles. The lowest BCUT2D eigenvalue weighted by molar-refractivity contribution is -0.384. The molecule has 2 atom stereocenters. The van der Waals surface area contributed by atoms with Gasteiger partial charge in [0.25, 0.3) is 5.69 Å². The molecular weight excluding hydrogens is 472 g/mol. The van der Waals surface area contributed by atoms with Gasteiger partial charge in [0.1, 0.15) is 18.0 Å². The van der Waals surface area contributed by atoms with Crippen LogP contribution >= 0.6 is 0 Å². The van der Waals surface area contributed by atoms with Gasteiger partial charge in [-0.15, -0.1) is 0 Å². The molecule has 0 bridgehead atoms. The van der Waals surface area contributed by atoms with E-state index in [1.165, 1.54) is 32.1 Å². The summed E-state index contributed by atoms with van der Waals surface area (Å²) in [5.41, 5.74) is 1.63. The third-order valence-electron chi connectivity index (χ3n) is 6.12. The average molecular weight is 505 g/mol. The van der Waals surface area contributed by atoms with Crippen molar-refractivity contribution in [1.29, 1.82) is 0 Å². The molecule has 2 aromatic rings. The molecule has 0 spiro atoms. The number of rotatable bonds is 9. The molecule has 1 amide bonds. The zero-order valence-electron chi connectivity index (χ0n) is 20.4. The Labute approximate surface area is 206 Å². The first-order valence-electron chi connectivity index (χ1n) is 11.4. The van der Waals surface area contributed by atoms with Crippen LogP contribution in [-0.4, -0.2) is 52.2 Å². The number of nitrogens with zero attached hydrogens (tertiary/aromatic N) is 3. The summed E-state index contributed by atoms with van der Waals surface area (Å²) in [5.74, 6) is 0.207. The lowest BCUT2D eigenvalue weighted by Crippen LogP contribution is -2.41. The van der Waals surface area contributed by atoms with Gasteiger partial charge >= 0.3 is 0 Å². The van der Waals surface area contributed by atoms with Crippen molar-refractivity contribution < 1.29 is 22.9 Å². The van der Waals surface area contributed by atoms with Crippen LogP contribution in [0.4, 0.5) is 17.1 Å². The number of nitro benzene ring substituents is 1. The molecule has 3 rings (SSSR count). The first kappa shape index (κ1) is 26.3. The largest absolute Gasteiger partial charge is 0.495 e. The summed E-state index contributed by atoms with van der Waals surface area (Å²) >= 11 is 0. The maximum absolute atomic E-state index is 12.8. The fourth-order valence-electron chi connectivity index (χ4n) is 4.27. The van der Waals surface area contributed by atoms with E-state index in [2.05, 4.69) is 17.1 Å². The van der Waals surface area contributed by atoms with Crippen LogP contribution in [0.1, 0.15) is 38.3 Å². The molecule has 2 aromatic carbocycles. The molecule has 0 radical (unpaired) electrons. The molecule has 11 heteroatoms. The molecule has 1 saturated heterocycles. The molecule has 35 heavy (non-hydrogen) atoms. The predicted octanol–water partition coefficient (Wildman–Crippen LogP) is 3.48. The van der Waals surface area contributed by atoms with Crippen molar-refractivity contribution in [2.45, 2.75) is 32.7 Å². The standard InChI is InChI=1S/C24H32N4O6S/c1-17-6-5-13-26(15-17)20-9-7-19(8-10-20)18(2)25-24(29)16-27(35(4,32)33)22-14-21(28(30)31)11-12-23(22)34-3/h7-12,14,17-18H,5-6,13,15-16H2,1-4H3,(H,25,29). The molecule has 0 aliphatic carbocycles. The summed E-state index contributed by atoms with van der Waals surface area (Å²) in [5, 5.41) is 14.0. The highest BCUT2D eigenvalue weighted by atomic mass is 32.2. The summed E-state index contributed by atoms with van der Waals surface area (Å²) < 4.78 is 31.0. The van der Waals surface area contributed by atoms with Crippen LogP contribution in [0.15, 0.2) is 42.5 Å². The number of benzene rings is 2. The smallest absolute Gasteiger partial charge is 0.271 e. The number of anilines is 2. The first-order chi connectivity index (χ1) is 16.5. The van der Waals surface area contributed by atoms with Crippen LogP contribution < -0.4 is 19.3 Å². The van der Waals surface area contributed by atoms with Gasteiger partial charge < -0.3 is 15.0 Å². The monoisotopic (exact) mass is 504 g/mol. The number of nitrogens with one attached hydrogen (secondary N) is 1. The summed E-state index contributed by atoms with van der Waals surface area (Å²) in [6.07, 6.45) is 3.34. The van der Waals surface area contributed by atoms with Crippen molar-refractivity contribution in [1.82, 2.24) is 5.32 Å². The summed E-state index contributed by atoms with van der Waals surface area (Å²) in [6, 6.07) is 11.2. The number of ether oxygens (including phenoxy) is 1. The molecule has 1 N–H and O–H groups in total. The highest BCUT2D eigenvalue weighted by molar-refractivity contribution is 7.92. The Hall–Kier alpha value is -3.34. The van der Waals surface area contributed by atoms with Gasteiger partial charge in [-0.05, 0) is 49.4 Å². The molecule has 2 unspecified atom stereocenters. The van der Waals surface area contributed by atoms with Crippen molar-refractivity contribution >= 4 is 33.0 Å².